The Hall–Kier alpha value is -0.810. The molecule has 0 spiro atoms. The van der Waals surface area contributed by atoms with Gasteiger partial charge in [0.25, 0.3) is 0 Å². The van der Waals surface area contributed by atoms with Gasteiger partial charge in [-0.2, -0.15) is 0 Å². The zero-order chi connectivity index (χ0) is 16.5. The quantitative estimate of drug-likeness (QED) is 0.671. The lowest BCUT2D eigenvalue weighted by Gasteiger charge is -2.30. The number of carbonyl (C=O) groups is 1. The van der Waals surface area contributed by atoms with E-state index in [-0.39, 0.29) is 30.7 Å². The van der Waals surface area contributed by atoms with Crippen molar-refractivity contribution in [2.45, 2.75) is 45.1 Å². The highest BCUT2D eigenvalue weighted by atomic mass is 35.5. The number of amides is 1. The number of piperidine rings is 1. The van der Waals surface area contributed by atoms with Crippen LogP contribution in [0.4, 0.5) is 0 Å². The van der Waals surface area contributed by atoms with Crippen LogP contribution >= 0.6 is 24.8 Å². The van der Waals surface area contributed by atoms with Crippen LogP contribution in [-0.4, -0.2) is 43.0 Å². The highest BCUT2D eigenvalue weighted by molar-refractivity contribution is 5.85. The summed E-state index contributed by atoms with van der Waals surface area (Å²) in [5.41, 5.74) is 7.08. The van der Waals surface area contributed by atoms with E-state index < -0.39 is 6.04 Å². The van der Waals surface area contributed by atoms with Crippen molar-refractivity contribution in [2.75, 3.05) is 26.2 Å². The summed E-state index contributed by atoms with van der Waals surface area (Å²) in [6.07, 6.45) is 5.45. The summed E-state index contributed by atoms with van der Waals surface area (Å²) in [6, 6.07) is 9.47. The van der Waals surface area contributed by atoms with Gasteiger partial charge >= 0.3 is 0 Å². The summed E-state index contributed by atoms with van der Waals surface area (Å²) in [4.78, 5) is 14.6. The van der Waals surface area contributed by atoms with E-state index in [1.54, 1.807) is 0 Å². The highest BCUT2D eigenvalue weighted by Crippen LogP contribution is 2.15. The molecule has 2 unspecified atom stereocenters. The van der Waals surface area contributed by atoms with Crippen LogP contribution in [0.3, 0.4) is 0 Å². The molecule has 1 aromatic carbocycles. The fourth-order valence-corrected chi connectivity index (χ4v) is 3.25. The first-order valence-electron chi connectivity index (χ1n) is 8.94. The molecule has 4 nitrogen and oxygen atoms in total. The molecule has 1 aromatic rings. The molecule has 0 radical (unpaired) electrons. The third-order valence-corrected chi connectivity index (χ3v) is 4.58. The van der Waals surface area contributed by atoms with Crippen LogP contribution in [0.15, 0.2) is 30.3 Å². The molecule has 1 amide bonds. The Labute approximate surface area is 164 Å². The number of halogens is 2. The zero-order valence-electron chi connectivity index (χ0n) is 15.2. The normalized spacial score (nSPS) is 18.6. The lowest BCUT2D eigenvalue weighted by atomic mass is 10.0. The van der Waals surface area contributed by atoms with Gasteiger partial charge in [-0.1, -0.05) is 37.3 Å². The fraction of sp³-hybridized carbons (Fsp3) is 0.632. The molecule has 0 bridgehead atoms. The first-order chi connectivity index (χ1) is 11.1. The summed E-state index contributed by atoms with van der Waals surface area (Å²) in [7, 11) is 0. The van der Waals surface area contributed by atoms with Crippen LogP contribution in [0.1, 0.15) is 38.2 Å². The number of hydrogen-bond donors (Lipinski definition) is 2. The summed E-state index contributed by atoms with van der Waals surface area (Å²) in [5, 5.41) is 2.97. The Kier molecular flexibility index (Phi) is 13.0. The van der Waals surface area contributed by atoms with Crippen molar-refractivity contribution in [3.05, 3.63) is 35.9 Å². The van der Waals surface area contributed by atoms with Crippen molar-refractivity contribution in [1.82, 2.24) is 10.2 Å². The molecular weight excluding hydrogens is 357 g/mol. The SMILES string of the molecule is CC1CCCN(CCCCNC(=O)C(N)Cc2ccccc2)C1.Cl.Cl. The molecule has 1 fully saturated rings. The van der Waals surface area contributed by atoms with Gasteiger partial charge in [-0.3, -0.25) is 4.79 Å². The largest absolute Gasteiger partial charge is 0.355 e. The minimum Gasteiger partial charge on any atom is -0.355 e. The number of likely N-dealkylation sites (tertiary alicyclic amines) is 1. The molecule has 6 heteroatoms. The van der Waals surface area contributed by atoms with Crippen molar-refractivity contribution < 1.29 is 4.79 Å². The Balaban J connectivity index is 0.00000288. The number of carbonyl (C=O) groups excluding carboxylic acids is 1. The molecular formula is C19H33Cl2N3O. The number of nitrogens with one attached hydrogen (secondary N) is 1. The molecule has 144 valence electrons. The van der Waals surface area contributed by atoms with Crippen molar-refractivity contribution in [3.63, 3.8) is 0 Å². The van der Waals surface area contributed by atoms with Crippen molar-refractivity contribution in [1.29, 1.82) is 0 Å². The third-order valence-electron chi connectivity index (χ3n) is 4.58. The van der Waals surface area contributed by atoms with Crippen LogP contribution in [0.25, 0.3) is 0 Å². The van der Waals surface area contributed by atoms with Crippen LogP contribution in [-0.2, 0) is 11.2 Å². The van der Waals surface area contributed by atoms with E-state index in [0.29, 0.717) is 6.42 Å². The molecule has 3 N–H and O–H groups in total. The molecule has 1 saturated heterocycles. The van der Waals surface area contributed by atoms with Crippen LogP contribution < -0.4 is 11.1 Å². The van der Waals surface area contributed by atoms with Crippen molar-refractivity contribution >= 4 is 30.7 Å². The van der Waals surface area contributed by atoms with Gasteiger partial charge in [0, 0.05) is 13.1 Å². The van der Waals surface area contributed by atoms with Gasteiger partial charge in [0.15, 0.2) is 0 Å². The van der Waals surface area contributed by atoms with Crippen LogP contribution in [0, 0.1) is 5.92 Å². The van der Waals surface area contributed by atoms with E-state index in [1.807, 2.05) is 30.3 Å². The van der Waals surface area contributed by atoms with Crippen LogP contribution in [0.5, 0.6) is 0 Å². The summed E-state index contributed by atoms with van der Waals surface area (Å²) >= 11 is 0. The molecule has 0 aromatic heterocycles. The molecule has 1 heterocycles. The van der Waals surface area contributed by atoms with Crippen molar-refractivity contribution in [2.24, 2.45) is 11.7 Å². The molecule has 0 saturated carbocycles. The Morgan fingerprint density at radius 3 is 2.68 bits per heavy atom. The predicted octanol–water partition coefficient (Wildman–Crippen LogP) is 3.03. The smallest absolute Gasteiger partial charge is 0.237 e. The van der Waals surface area contributed by atoms with Gasteiger partial charge in [-0.25, -0.2) is 0 Å². The molecule has 25 heavy (non-hydrogen) atoms. The number of nitrogens with two attached hydrogens (primary N) is 1. The monoisotopic (exact) mass is 389 g/mol. The maximum atomic E-state index is 12.0. The second kappa shape index (κ2) is 13.4. The zero-order valence-corrected chi connectivity index (χ0v) is 16.8. The van der Waals surface area contributed by atoms with E-state index in [1.165, 1.54) is 25.9 Å². The van der Waals surface area contributed by atoms with Crippen molar-refractivity contribution in [3.8, 4) is 0 Å². The Morgan fingerprint density at radius 2 is 2.00 bits per heavy atom. The molecule has 2 rings (SSSR count). The fourth-order valence-electron chi connectivity index (χ4n) is 3.25. The first kappa shape index (κ1) is 24.2. The average Bonchev–Trinajstić information content (AvgIpc) is 2.55. The molecule has 2 atom stereocenters. The van der Waals surface area contributed by atoms with Crippen LogP contribution in [0.2, 0.25) is 0 Å². The highest BCUT2D eigenvalue weighted by Gasteiger charge is 2.16. The van der Waals surface area contributed by atoms with Gasteiger partial charge in [0.2, 0.25) is 5.91 Å². The van der Waals surface area contributed by atoms with Gasteiger partial charge in [-0.15, -0.1) is 24.8 Å². The number of hydrogen-bond acceptors (Lipinski definition) is 3. The van der Waals surface area contributed by atoms with Gasteiger partial charge in [0.1, 0.15) is 0 Å². The predicted molar refractivity (Wildman–Crippen MR) is 110 cm³/mol. The summed E-state index contributed by atoms with van der Waals surface area (Å²) in [5.74, 6) is 0.792. The van der Waals surface area contributed by atoms with Gasteiger partial charge in [-0.05, 0) is 56.7 Å². The molecule has 0 aliphatic carbocycles. The average molecular weight is 390 g/mol. The van der Waals surface area contributed by atoms with E-state index in [0.717, 1.165) is 37.4 Å². The minimum absolute atomic E-state index is 0. The lowest BCUT2D eigenvalue weighted by Crippen LogP contribution is -2.42. The second-order valence-corrected chi connectivity index (χ2v) is 6.84. The summed E-state index contributed by atoms with van der Waals surface area (Å²) < 4.78 is 0. The topological polar surface area (TPSA) is 58.4 Å². The standard InChI is InChI=1S/C19H31N3O.2ClH/c1-16-8-7-13-22(15-16)12-6-5-11-21-19(23)18(20)14-17-9-3-2-4-10-17;;/h2-4,9-10,16,18H,5-8,11-15,20H2,1H3,(H,21,23);2*1H. The van der Waals surface area contributed by atoms with Gasteiger partial charge in [0.05, 0.1) is 6.04 Å². The summed E-state index contributed by atoms with van der Waals surface area (Å²) in [6.45, 7) is 6.68. The maximum Gasteiger partial charge on any atom is 0.237 e. The Morgan fingerprint density at radius 1 is 1.28 bits per heavy atom. The van der Waals surface area contributed by atoms with E-state index in [2.05, 4.69) is 17.1 Å². The number of rotatable bonds is 8. The first-order valence-corrected chi connectivity index (χ1v) is 8.94. The Bertz CT molecular complexity index is 473. The van der Waals surface area contributed by atoms with E-state index in [9.17, 15) is 4.79 Å². The molecule has 1 aliphatic rings. The number of nitrogens with zero attached hydrogens (tertiary/aromatic N) is 1. The molecule has 1 aliphatic heterocycles. The number of benzene rings is 1. The van der Waals surface area contributed by atoms with Gasteiger partial charge < -0.3 is 16.0 Å². The maximum absolute atomic E-state index is 12.0. The second-order valence-electron chi connectivity index (χ2n) is 6.84. The number of unbranched alkanes of at least 4 members (excludes halogenated alkanes) is 1. The van der Waals surface area contributed by atoms with E-state index in [4.69, 9.17) is 5.73 Å². The third kappa shape index (κ3) is 9.45. The minimum atomic E-state index is -0.458. The lowest BCUT2D eigenvalue weighted by molar-refractivity contribution is -0.122. The van der Waals surface area contributed by atoms with E-state index >= 15 is 0 Å².